The van der Waals surface area contributed by atoms with Crippen LogP contribution in [0, 0.1) is 25.1 Å². The molecule has 0 aliphatic carbocycles. The molecule has 0 atom stereocenters. The smallest absolute Gasteiger partial charge is 0.400 e. The first-order valence-corrected chi connectivity index (χ1v) is 13.8. The average Bonchev–Trinajstić information content (AvgIpc) is 2.94. The molecule has 5 nitrogen and oxygen atoms in total. The molecule has 3 rings (SSSR count). The highest BCUT2D eigenvalue weighted by atomic mass is 19.4. The Balaban J connectivity index is 1.78. The van der Waals surface area contributed by atoms with E-state index in [4.69, 9.17) is 4.74 Å². The highest BCUT2D eigenvalue weighted by molar-refractivity contribution is 6.07. The van der Waals surface area contributed by atoms with E-state index in [2.05, 4.69) is 5.32 Å². The summed E-state index contributed by atoms with van der Waals surface area (Å²) in [4.78, 5) is 38.6. The van der Waals surface area contributed by atoms with Gasteiger partial charge in [0.1, 0.15) is 29.4 Å². The topological polar surface area (TPSA) is 72.5 Å². The van der Waals surface area contributed by atoms with Crippen LogP contribution in [0.15, 0.2) is 54.6 Å². The van der Waals surface area contributed by atoms with E-state index >= 15 is 0 Å². The summed E-state index contributed by atoms with van der Waals surface area (Å²) in [5.74, 6) is -2.51. The second-order valence-corrected chi connectivity index (χ2v) is 11.1. The molecule has 11 heteroatoms. The predicted octanol–water partition coefficient (Wildman–Crippen LogP) is 8.24. The lowest BCUT2D eigenvalue weighted by Crippen LogP contribution is -2.39. The van der Waals surface area contributed by atoms with Gasteiger partial charge in [0, 0.05) is 24.1 Å². The number of ketones is 2. The summed E-state index contributed by atoms with van der Waals surface area (Å²) in [5, 5.41) is 2.68. The molecule has 44 heavy (non-hydrogen) atoms. The number of carbonyl (C=O) groups is 3. The quantitative estimate of drug-likeness (QED) is 0.154. The third-order valence-corrected chi connectivity index (χ3v) is 7.31. The maximum absolute atomic E-state index is 13.7. The Morgan fingerprint density at radius 3 is 2.18 bits per heavy atom. The minimum atomic E-state index is -4.66. The molecule has 0 unspecified atom stereocenters. The third kappa shape index (κ3) is 8.70. The van der Waals surface area contributed by atoms with Gasteiger partial charge in [0.25, 0.3) is 12.3 Å². The number of Topliss-reactive ketones (excluding diaryl/α,β-unsaturated/α-hetero) is 2. The van der Waals surface area contributed by atoms with Crippen LogP contribution in [0.5, 0.6) is 5.75 Å². The maximum atomic E-state index is 13.7. The van der Waals surface area contributed by atoms with Gasteiger partial charge in [-0.1, -0.05) is 24.3 Å². The number of ether oxygens (including phenoxy) is 1. The summed E-state index contributed by atoms with van der Waals surface area (Å²) in [6, 6.07) is 13.1. The number of aryl methyl sites for hydroxylation is 3. The fraction of sp³-hybridized carbons (Fsp3) is 0.364. The van der Waals surface area contributed by atoms with Gasteiger partial charge in [-0.05, 0) is 93.1 Å². The molecule has 0 bridgehead atoms. The molecule has 0 aromatic heterocycles. The van der Waals surface area contributed by atoms with Crippen molar-refractivity contribution in [1.82, 2.24) is 0 Å². The zero-order chi connectivity index (χ0) is 32.8. The molecular formula is C33H33F6NO4. The number of benzene rings is 3. The van der Waals surface area contributed by atoms with Crippen LogP contribution >= 0.6 is 0 Å². The summed E-state index contributed by atoms with van der Waals surface area (Å²) in [6.07, 6.45) is -7.48. The summed E-state index contributed by atoms with van der Waals surface area (Å²) in [5.41, 5.74) is 0.00479. The summed E-state index contributed by atoms with van der Waals surface area (Å²) >= 11 is 0. The highest BCUT2D eigenvalue weighted by Crippen LogP contribution is 2.39. The molecule has 0 saturated carbocycles. The van der Waals surface area contributed by atoms with Crippen LogP contribution in [0.25, 0.3) is 0 Å². The molecule has 0 aliphatic heterocycles. The molecule has 236 valence electrons. The van der Waals surface area contributed by atoms with Crippen LogP contribution in [-0.2, 0) is 17.6 Å². The Morgan fingerprint density at radius 1 is 0.864 bits per heavy atom. The van der Waals surface area contributed by atoms with E-state index in [9.17, 15) is 40.7 Å². The largest absolute Gasteiger partial charge is 0.487 e. The van der Waals surface area contributed by atoms with Crippen LogP contribution < -0.4 is 10.1 Å². The lowest BCUT2D eigenvalue weighted by molar-refractivity contribution is -0.210. The fourth-order valence-corrected chi connectivity index (χ4v) is 4.39. The Labute approximate surface area is 251 Å². The van der Waals surface area contributed by atoms with Crippen LogP contribution in [0.3, 0.4) is 0 Å². The number of anilines is 1. The Morgan fingerprint density at radius 2 is 1.55 bits per heavy atom. The second kappa shape index (κ2) is 14.1. The Kier molecular flexibility index (Phi) is 11.0. The van der Waals surface area contributed by atoms with Gasteiger partial charge in [-0.15, -0.1) is 0 Å². The molecule has 3 aromatic rings. The van der Waals surface area contributed by atoms with Crippen LogP contribution in [0.4, 0.5) is 32.0 Å². The van der Waals surface area contributed by atoms with E-state index in [0.717, 1.165) is 13.8 Å². The van der Waals surface area contributed by atoms with E-state index in [-0.39, 0.29) is 48.2 Å². The lowest BCUT2D eigenvalue weighted by atomic mass is 9.84. The monoisotopic (exact) mass is 621 g/mol. The molecule has 0 aliphatic rings. The zero-order valence-electron chi connectivity index (χ0n) is 24.7. The standard InChI is InChI=1S/C33H33F6NO4/c1-19-8-9-21(6-5-7-29(42)32(3,4)33(37,38)39)15-24(19)31(43)40-23-11-13-28(44-18-30(35)36)25(17-23)27(41)16-22-10-12-26(34)20(2)14-22/h8-15,17,30H,5-7,16,18H2,1-4H3,(H,40,43). The van der Waals surface area contributed by atoms with Gasteiger partial charge >= 0.3 is 6.18 Å². The number of carbonyl (C=O) groups excluding carboxylic acids is 3. The summed E-state index contributed by atoms with van der Waals surface area (Å²) < 4.78 is 84.0. The lowest BCUT2D eigenvalue weighted by Gasteiger charge is -2.26. The van der Waals surface area contributed by atoms with Gasteiger partial charge in [-0.3, -0.25) is 14.4 Å². The number of nitrogens with one attached hydrogen (secondary N) is 1. The van der Waals surface area contributed by atoms with E-state index in [1.165, 1.54) is 36.4 Å². The van der Waals surface area contributed by atoms with Gasteiger partial charge in [0.05, 0.1) is 5.56 Å². The van der Waals surface area contributed by atoms with Gasteiger partial charge in [-0.2, -0.15) is 13.2 Å². The van der Waals surface area contributed by atoms with Gasteiger partial charge in [0.2, 0.25) is 0 Å². The van der Waals surface area contributed by atoms with E-state index in [1.807, 2.05) is 0 Å². The van der Waals surface area contributed by atoms with Crippen molar-refractivity contribution in [3.63, 3.8) is 0 Å². The number of alkyl halides is 5. The predicted molar refractivity (Wildman–Crippen MR) is 154 cm³/mol. The van der Waals surface area contributed by atoms with Crippen molar-refractivity contribution in [3.8, 4) is 5.75 Å². The first kappa shape index (κ1) is 34.3. The van der Waals surface area contributed by atoms with Crippen molar-refractivity contribution in [2.45, 2.75) is 66.0 Å². The first-order valence-electron chi connectivity index (χ1n) is 13.8. The van der Waals surface area contributed by atoms with Crippen molar-refractivity contribution < 1.29 is 45.5 Å². The number of amides is 1. The molecule has 0 heterocycles. The van der Waals surface area contributed by atoms with E-state index in [1.54, 1.807) is 32.0 Å². The number of halogens is 6. The first-order chi connectivity index (χ1) is 20.5. The minimum absolute atomic E-state index is 0.0534. The van der Waals surface area contributed by atoms with Crippen molar-refractivity contribution in [1.29, 1.82) is 0 Å². The van der Waals surface area contributed by atoms with E-state index in [0.29, 0.717) is 22.3 Å². The van der Waals surface area contributed by atoms with Crippen LogP contribution in [-0.4, -0.2) is 36.7 Å². The highest BCUT2D eigenvalue weighted by Gasteiger charge is 2.51. The maximum Gasteiger partial charge on any atom is 0.400 e. The Bertz CT molecular complexity index is 1530. The van der Waals surface area contributed by atoms with Crippen LogP contribution in [0.2, 0.25) is 0 Å². The number of rotatable bonds is 13. The van der Waals surface area contributed by atoms with Crippen molar-refractivity contribution >= 4 is 23.2 Å². The van der Waals surface area contributed by atoms with Gasteiger partial charge in [-0.25, -0.2) is 13.2 Å². The second-order valence-electron chi connectivity index (χ2n) is 11.1. The zero-order valence-corrected chi connectivity index (χ0v) is 24.7. The molecule has 0 saturated heterocycles. The molecule has 0 spiro atoms. The van der Waals surface area contributed by atoms with Crippen LogP contribution in [0.1, 0.15) is 69.7 Å². The number of hydrogen-bond donors (Lipinski definition) is 1. The van der Waals surface area contributed by atoms with Crippen molar-refractivity contribution in [3.05, 3.63) is 93.8 Å². The average molecular weight is 622 g/mol. The normalized spacial score (nSPS) is 11.9. The third-order valence-electron chi connectivity index (χ3n) is 7.31. The molecule has 0 radical (unpaired) electrons. The Hall–Kier alpha value is -4.15. The molecule has 1 amide bonds. The minimum Gasteiger partial charge on any atom is -0.487 e. The van der Waals surface area contributed by atoms with E-state index < -0.39 is 47.9 Å². The van der Waals surface area contributed by atoms with Gasteiger partial charge in [0.15, 0.2) is 5.78 Å². The van der Waals surface area contributed by atoms with Gasteiger partial charge < -0.3 is 10.1 Å². The molecule has 3 aromatic carbocycles. The van der Waals surface area contributed by atoms with Crippen molar-refractivity contribution in [2.75, 3.05) is 11.9 Å². The fourth-order valence-electron chi connectivity index (χ4n) is 4.39. The molecule has 1 N–H and O–H groups in total. The summed E-state index contributed by atoms with van der Waals surface area (Å²) in [7, 11) is 0. The van der Waals surface area contributed by atoms with Crippen molar-refractivity contribution in [2.24, 2.45) is 5.41 Å². The molecule has 0 fully saturated rings. The number of hydrogen-bond acceptors (Lipinski definition) is 4. The SMILES string of the molecule is Cc1cc(CC(=O)c2cc(NC(=O)c3cc(CCCC(=O)C(C)(C)C(F)(F)F)ccc3C)ccc2OCC(F)F)ccc1F. The molecular weight excluding hydrogens is 588 g/mol. The summed E-state index contributed by atoms with van der Waals surface area (Å²) in [6.45, 7) is 3.98.